The molecular weight excluding hydrogens is 290 g/mol. The Labute approximate surface area is 139 Å². The van der Waals surface area contributed by atoms with Crippen LogP contribution in [-0.4, -0.2) is 67.4 Å². The minimum atomic E-state index is 0.678. The topological polar surface area (TPSA) is 62.3 Å². The number of nitrogens with zero attached hydrogens (tertiary/aromatic N) is 3. The van der Waals surface area contributed by atoms with Gasteiger partial charge >= 0.3 is 0 Å². The van der Waals surface area contributed by atoms with Gasteiger partial charge in [0.05, 0.1) is 12.3 Å². The van der Waals surface area contributed by atoms with E-state index in [1.165, 1.54) is 30.6 Å². The number of piperidine rings is 1. The number of nitrogens with one attached hydrogen (secondary N) is 2. The fourth-order valence-corrected chi connectivity index (χ4v) is 3.67. The molecule has 0 amide bonds. The lowest BCUT2D eigenvalue weighted by atomic mass is 10.1. The van der Waals surface area contributed by atoms with Gasteiger partial charge < -0.3 is 15.4 Å². The Morgan fingerprint density at radius 1 is 1.30 bits per heavy atom. The molecule has 1 aromatic rings. The molecule has 6 heteroatoms. The lowest BCUT2D eigenvalue weighted by Crippen LogP contribution is -2.46. The number of aryl methyl sites for hydroxylation is 1. The van der Waals surface area contributed by atoms with E-state index in [4.69, 9.17) is 9.72 Å². The van der Waals surface area contributed by atoms with Gasteiger partial charge in [0.1, 0.15) is 11.6 Å². The van der Waals surface area contributed by atoms with Crippen LogP contribution in [0.5, 0.6) is 0 Å². The number of rotatable bonds is 5. The van der Waals surface area contributed by atoms with Crippen LogP contribution in [0.2, 0.25) is 0 Å². The van der Waals surface area contributed by atoms with Crippen LogP contribution in [0.3, 0.4) is 0 Å². The number of methoxy groups -OCH3 is 1. The molecule has 0 spiro atoms. The van der Waals surface area contributed by atoms with Gasteiger partial charge in [-0.3, -0.25) is 4.90 Å². The molecule has 0 bridgehead atoms. The van der Waals surface area contributed by atoms with Gasteiger partial charge in [0.2, 0.25) is 0 Å². The zero-order chi connectivity index (χ0) is 16.1. The molecule has 2 aliphatic rings. The van der Waals surface area contributed by atoms with Crippen molar-refractivity contribution in [2.24, 2.45) is 0 Å². The maximum atomic E-state index is 5.14. The van der Waals surface area contributed by atoms with Crippen molar-refractivity contribution in [2.75, 3.05) is 51.8 Å². The van der Waals surface area contributed by atoms with Crippen LogP contribution in [0, 0.1) is 6.92 Å². The Balaban J connectivity index is 1.71. The highest BCUT2D eigenvalue weighted by Gasteiger charge is 2.25. The molecule has 1 atom stereocenters. The molecule has 0 saturated carbocycles. The van der Waals surface area contributed by atoms with Crippen molar-refractivity contribution < 1.29 is 4.74 Å². The van der Waals surface area contributed by atoms with Crippen LogP contribution in [-0.2, 0) is 17.6 Å². The SMILES string of the molecule is COCCNc1nc(C)nc2c1CCN([C@H]1CCCNC1)CC2. The predicted octanol–water partition coefficient (Wildman–Crippen LogP) is 0.996. The summed E-state index contributed by atoms with van der Waals surface area (Å²) < 4.78 is 5.14. The number of ether oxygens (including phenoxy) is 1. The molecule has 0 aliphatic carbocycles. The molecule has 0 radical (unpaired) electrons. The minimum absolute atomic E-state index is 0.678. The summed E-state index contributed by atoms with van der Waals surface area (Å²) in [7, 11) is 1.73. The molecule has 3 rings (SSSR count). The van der Waals surface area contributed by atoms with Gasteiger partial charge in [0, 0.05) is 51.3 Å². The lowest BCUT2D eigenvalue weighted by molar-refractivity contribution is 0.173. The number of hydrogen-bond acceptors (Lipinski definition) is 6. The molecule has 3 heterocycles. The highest BCUT2D eigenvalue weighted by molar-refractivity contribution is 5.47. The molecule has 23 heavy (non-hydrogen) atoms. The molecule has 0 aromatic carbocycles. The molecule has 6 nitrogen and oxygen atoms in total. The standard InChI is InChI=1S/C17H29N5O/c1-13-20-16-6-10-22(14-4-3-7-18-12-14)9-5-15(16)17(21-13)19-8-11-23-2/h14,18H,3-12H2,1-2H3,(H,19,20,21)/t14-/m0/s1. The van der Waals surface area contributed by atoms with Gasteiger partial charge in [0.15, 0.2) is 0 Å². The molecule has 1 aromatic heterocycles. The molecule has 1 fully saturated rings. The highest BCUT2D eigenvalue weighted by Crippen LogP contribution is 2.23. The summed E-state index contributed by atoms with van der Waals surface area (Å²) in [4.78, 5) is 12.0. The normalized spacial score (nSPS) is 22.4. The third-order valence-corrected chi connectivity index (χ3v) is 4.88. The second kappa shape index (κ2) is 8.04. The average molecular weight is 319 g/mol. The molecule has 1 saturated heterocycles. The van der Waals surface area contributed by atoms with Crippen LogP contribution in [0.25, 0.3) is 0 Å². The highest BCUT2D eigenvalue weighted by atomic mass is 16.5. The molecule has 2 aliphatic heterocycles. The Morgan fingerprint density at radius 3 is 2.96 bits per heavy atom. The largest absolute Gasteiger partial charge is 0.383 e. The predicted molar refractivity (Wildman–Crippen MR) is 92.0 cm³/mol. The van der Waals surface area contributed by atoms with Gasteiger partial charge in [-0.2, -0.15) is 0 Å². The van der Waals surface area contributed by atoms with E-state index < -0.39 is 0 Å². The molecule has 128 valence electrons. The fourth-order valence-electron chi connectivity index (χ4n) is 3.67. The van der Waals surface area contributed by atoms with Crippen LogP contribution in [0.15, 0.2) is 0 Å². The van der Waals surface area contributed by atoms with E-state index in [-0.39, 0.29) is 0 Å². The van der Waals surface area contributed by atoms with E-state index in [9.17, 15) is 0 Å². The molecule has 2 N–H and O–H groups in total. The monoisotopic (exact) mass is 319 g/mol. The summed E-state index contributed by atoms with van der Waals surface area (Å²) in [5.74, 6) is 1.87. The lowest BCUT2D eigenvalue weighted by Gasteiger charge is -2.33. The molecule has 0 unspecified atom stereocenters. The number of fused-ring (bicyclic) bond motifs is 1. The maximum absolute atomic E-state index is 5.14. The summed E-state index contributed by atoms with van der Waals surface area (Å²) >= 11 is 0. The quantitative estimate of drug-likeness (QED) is 0.790. The van der Waals surface area contributed by atoms with Gasteiger partial charge in [-0.1, -0.05) is 0 Å². The first-order chi connectivity index (χ1) is 11.3. The van der Waals surface area contributed by atoms with E-state index in [0.717, 1.165) is 50.7 Å². The van der Waals surface area contributed by atoms with Gasteiger partial charge in [-0.25, -0.2) is 9.97 Å². The Morgan fingerprint density at radius 2 is 2.17 bits per heavy atom. The van der Waals surface area contributed by atoms with Crippen molar-refractivity contribution in [2.45, 2.75) is 38.6 Å². The van der Waals surface area contributed by atoms with Crippen molar-refractivity contribution in [3.05, 3.63) is 17.1 Å². The average Bonchev–Trinajstić information content (AvgIpc) is 2.78. The fraction of sp³-hybridized carbons (Fsp3) is 0.765. The second-order valence-corrected chi connectivity index (χ2v) is 6.50. The number of aromatic nitrogens is 2. The van der Waals surface area contributed by atoms with Gasteiger partial charge in [0.25, 0.3) is 0 Å². The van der Waals surface area contributed by atoms with Crippen molar-refractivity contribution in [1.82, 2.24) is 20.2 Å². The first kappa shape index (κ1) is 16.6. The summed E-state index contributed by atoms with van der Waals surface area (Å²) in [6, 6.07) is 0.678. The Kier molecular flexibility index (Phi) is 5.80. The smallest absolute Gasteiger partial charge is 0.133 e. The van der Waals surface area contributed by atoms with Crippen molar-refractivity contribution in [1.29, 1.82) is 0 Å². The summed E-state index contributed by atoms with van der Waals surface area (Å²) in [5, 5.41) is 6.96. The van der Waals surface area contributed by atoms with Crippen molar-refractivity contribution in [3.63, 3.8) is 0 Å². The van der Waals surface area contributed by atoms with E-state index in [1.807, 2.05) is 6.92 Å². The van der Waals surface area contributed by atoms with Gasteiger partial charge in [-0.05, 0) is 32.7 Å². The summed E-state index contributed by atoms with van der Waals surface area (Å²) in [6.07, 6.45) is 4.65. The van der Waals surface area contributed by atoms with Crippen LogP contribution in [0.1, 0.15) is 29.9 Å². The summed E-state index contributed by atoms with van der Waals surface area (Å²) in [5.41, 5.74) is 2.53. The van der Waals surface area contributed by atoms with Crippen molar-refractivity contribution >= 4 is 5.82 Å². The molecular formula is C17H29N5O. The van der Waals surface area contributed by atoms with Crippen LogP contribution >= 0.6 is 0 Å². The van der Waals surface area contributed by atoms with E-state index in [2.05, 4.69) is 20.5 Å². The Hall–Kier alpha value is -1.24. The third-order valence-electron chi connectivity index (χ3n) is 4.88. The number of hydrogen-bond donors (Lipinski definition) is 2. The first-order valence-corrected chi connectivity index (χ1v) is 8.82. The second-order valence-electron chi connectivity index (χ2n) is 6.50. The van der Waals surface area contributed by atoms with Crippen LogP contribution < -0.4 is 10.6 Å². The van der Waals surface area contributed by atoms with Crippen LogP contribution in [0.4, 0.5) is 5.82 Å². The zero-order valence-corrected chi connectivity index (χ0v) is 14.4. The van der Waals surface area contributed by atoms with E-state index >= 15 is 0 Å². The van der Waals surface area contributed by atoms with E-state index in [1.54, 1.807) is 7.11 Å². The zero-order valence-electron chi connectivity index (χ0n) is 14.4. The Bertz CT molecular complexity index is 516. The van der Waals surface area contributed by atoms with Gasteiger partial charge in [-0.15, -0.1) is 0 Å². The van der Waals surface area contributed by atoms with Crippen molar-refractivity contribution in [3.8, 4) is 0 Å². The number of anilines is 1. The summed E-state index contributed by atoms with van der Waals surface area (Å²) in [6.45, 7) is 7.96. The third kappa shape index (κ3) is 4.19. The maximum Gasteiger partial charge on any atom is 0.133 e. The minimum Gasteiger partial charge on any atom is -0.383 e. The van der Waals surface area contributed by atoms with E-state index in [0.29, 0.717) is 12.6 Å². The first-order valence-electron chi connectivity index (χ1n) is 8.82.